The van der Waals surface area contributed by atoms with E-state index in [0.717, 1.165) is 41.9 Å². The van der Waals surface area contributed by atoms with E-state index in [0.29, 0.717) is 11.7 Å². The van der Waals surface area contributed by atoms with Crippen LogP contribution in [0.15, 0.2) is 35.0 Å². The van der Waals surface area contributed by atoms with Crippen molar-refractivity contribution in [3.05, 3.63) is 36.4 Å². The second-order valence-corrected chi connectivity index (χ2v) is 7.28. The molecule has 1 saturated heterocycles. The van der Waals surface area contributed by atoms with Crippen LogP contribution in [0.2, 0.25) is 0 Å². The van der Waals surface area contributed by atoms with Crippen molar-refractivity contribution in [2.45, 2.75) is 18.8 Å². The molecule has 0 amide bonds. The summed E-state index contributed by atoms with van der Waals surface area (Å²) in [6.45, 7) is 2.33. The lowest BCUT2D eigenvalue weighted by Gasteiger charge is -2.35. The third-order valence-electron chi connectivity index (χ3n) is 5.09. The fraction of sp³-hybridized carbons (Fsp3) is 0.444. The van der Waals surface area contributed by atoms with Gasteiger partial charge in [-0.2, -0.15) is 4.98 Å². The first-order valence-electron chi connectivity index (χ1n) is 8.23. The van der Waals surface area contributed by atoms with Gasteiger partial charge < -0.3 is 13.6 Å². The normalized spacial score (nSPS) is 18.6. The summed E-state index contributed by atoms with van der Waals surface area (Å²) in [6, 6.07) is 8.33. The summed E-state index contributed by atoms with van der Waals surface area (Å²) in [5.74, 6) is 1.90. The Morgan fingerprint density at radius 2 is 1.91 bits per heavy atom. The average Bonchev–Trinajstić information content (AvgIpc) is 3.13. The van der Waals surface area contributed by atoms with E-state index < -0.39 is 0 Å². The van der Waals surface area contributed by atoms with Crippen LogP contribution in [0.4, 0.5) is 0 Å². The Kier molecular flexibility index (Phi) is 3.27. The van der Waals surface area contributed by atoms with Gasteiger partial charge in [0, 0.05) is 48.5 Å². The molecule has 0 aliphatic carbocycles. The van der Waals surface area contributed by atoms with Gasteiger partial charge >= 0.3 is 0 Å². The highest BCUT2D eigenvalue weighted by molar-refractivity contribution is 5.94. The van der Waals surface area contributed by atoms with Crippen molar-refractivity contribution in [2.24, 2.45) is 7.05 Å². The fourth-order valence-electron chi connectivity index (χ4n) is 3.54. The molecule has 0 N–H and O–H groups in total. The van der Waals surface area contributed by atoms with Crippen molar-refractivity contribution in [3.8, 4) is 11.4 Å². The zero-order chi connectivity index (χ0) is 16.0. The molecule has 1 aromatic carbocycles. The summed E-state index contributed by atoms with van der Waals surface area (Å²) < 4.78 is 8.80. The minimum atomic E-state index is 0.400. The number of nitrogens with zero attached hydrogens (tertiary/aromatic N) is 4. The van der Waals surface area contributed by atoms with Crippen LogP contribution in [0.25, 0.3) is 22.3 Å². The number of hydrogen-bond acceptors (Lipinski definition) is 3. The Morgan fingerprint density at radius 3 is 2.70 bits per heavy atom. The quantitative estimate of drug-likeness (QED) is 0.683. The molecule has 0 spiro atoms. The third-order valence-corrected chi connectivity index (χ3v) is 5.09. The number of benzene rings is 1. The van der Waals surface area contributed by atoms with Crippen LogP contribution < -0.4 is 0 Å². The maximum atomic E-state index is 5.61. The SMILES string of the molecule is Cn1cc(-c2noc(C3CC[N+](C)(C)CC3)n2)c2ccccc21. The molecule has 1 aliphatic rings. The molecule has 23 heavy (non-hydrogen) atoms. The highest BCUT2D eigenvalue weighted by atomic mass is 16.5. The van der Waals surface area contributed by atoms with E-state index in [9.17, 15) is 0 Å². The number of aryl methyl sites for hydroxylation is 1. The average molecular weight is 311 g/mol. The Morgan fingerprint density at radius 1 is 1.17 bits per heavy atom. The Balaban J connectivity index is 1.65. The molecule has 4 rings (SSSR count). The van der Waals surface area contributed by atoms with E-state index in [1.807, 2.05) is 13.1 Å². The Bertz CT molecular complexity index is 836. The predicted molar refractivity (Wildman–Crippen MR) is 90.0 cm³/mol. The lowest BCUT2D eigenvalue weighted by Crippen LogP contribution is -2.45. The summed E-state index contributed by atoms with van der Waals surface area (Å²) >= 11 is 0. The van der Waals surface area contributed by atoms with Gasteiger partial charge in [0.2, 0.25) is 11.7 Å². The number of quaternary nitrogens is 1. The standard InChI is InChI=1S/C18H23N4O/c1-21-12-15(14-6-4-5-7-16(14)21)17-19-18(23-20-17)13-8-10-22(2,3)11-9-13/h4-7,12-13H,8-11H2,1-3H3/q+1. The van der Waals surface area contributed by atoms with Gasteiger partial charge in [-0.05, 0) is 6.07 Å². The third kappa shape index (κ3) is 2.55. The molecule has 0 bridgehead atoms. The van der Waals surface area contributed by atoms with Crippen LogP contribution in [0, 0.1) is 0 Å². The monoisotopic (exact) mass is 311 g/mol. The molecule has 0 atom stereocenters. The van der Waals surface area contributed by atoms with E-state index in [2.05, 4.69) is 48.2 Å². The molecular formula is C18H23N4O+. The molecule has 3 aromatic rings. The fourth-order valence-corrected chi connectivity index (χ4v) is 3.54. The number of hydrogen-bond donors (Lipinski definition) is 0. The smallest absolute Gasteiger partial charge is 0.230 e. The second-order valence-electron chi connectivity index (χ2n) is 7.28. The lowest BCUT2D eigenvalue weighted by molar-refractivity contribution is -0.895. The van der Waals surface area contributed by atoms with Crippen LogP contribution >= 0.6 is 0 Å². The molecule has 3 heterocycles. The minimum absolute atomic E-state index is 0.400. The van der Waals surface area contributed by atoms with Gasteiger partial charge in [-0.3, -0.25) is 0 Å². The maximum absolute atomic E-state index is 5.61. The Labute approximate surface area is 136 Å². The second kappa shape index (κ2) is 5.20. The van der Waals surface area contributed by atoms with Gasteiger partial charge in [0.25, 0.3) is 0 Å². The molecule has 0 radical (unpaired) electrons. The molecule has 2 aromatic heterocycles. The first-order chi connectivity index (χ1) is 11.0. The first kappa shape index (κ1) is 14.5. The predicted octanol–water partition coefficient (Wildman–Crippen LogP) is 3.18. The van der Waals surface area contributed by atoms with Crippen molar-refractivity contribution in [3.63, 3.8) is 0 Å². The van der Waals surface area contributed by atoms with Crippen LogP contribution in [-0.2, 0) is 7.05 Å². The molecule has 120 valence electrons. The molecule has 0 saturated carbocycles. The van der Waals surface area contributed by atoms with Gasteiger partial charge in [-0.25, -0.2) is 0 Å². The van der Waals surface area contributed by atoms with E-state index in [-0.39, 0.29) is 0 Å². The van der Waals surface area contributed by atoms with Crippen molar-refractivity contribution in [1.29, 1.82) is 0 Å². The number of aromatic nitrogens is 3. The zero-order valence-corrected chi connectivity index (χ0v) is 14.0. The number of para-hydroxylation sites is 1. The molecule has 0 unspecified atom stereocenters. The first-order valence-corrected chi connectivity index (χ1v) is 8.23. The molecular weight excluding hydrogens is 288 g/mol. The summed E-state index contributed by atoms with van der Waals surface area (Å²) in [5, 5.41) is 5.43. The topological polar surface area (TPSA) is 43.9 Å². The lowest BCUT2D eigenvalue weighted by atomic mass is 9.96. The van der Waals surface area contributed by atoms with E-state index in [1.165, 1.54) is 10.9 Å². The van der Waals surface area contributed by atoms with E-state index >= 15 is 0 Å². The molecule has 1 aliphatic heterocycles. The molecule has 5 nitrogen and oxygen atoms in total. The van der Waals surface area contributed by atoms with Gasteiger partial charge in [0.05, 0.1) is 27.2 Å². The van der Waals surface area contributed by atoms with Crippen molar-refractivity contribution in [2.75, 3.05) is 27.2 Å². The summed E-state index contributed by atoms with van der Waals surface area (Å²) in [6.07, 6.45) is 4.31. The van der Waals surface area contributed by atoms with Crippen LogP contribution in [0.3, 0.4) is 0 Å². The summed E-state index contributed by atoms with van der Waals surface area (Å²) in [5.41, 5.74) is 2.23. The van der Waals surface area contributed by atoms with Crippen LogP contribution in [0.5, 0.6) is 0 Å². The van der Waals surface area contributed by atoms with Crippen LogP contribution in [0.1, 0.15) is 24.7 Å². The van der Waals surface area contributed by atoms with Gasteiger partial charge in [-0.15, -0.1) is 0 Å². The van der Waals surface area contributed by atoms with Crippen molar-refractivity contribution < 1.29 is 9.01 Å². The van der Waals surface area contributed by atoms with Gasteiger partial charge in [0.1, 0.15) is 0 Å². The number of piperidine rings is 1. The van der Waals surface area contributed by atoms with Gasteiger partial charge in [-0.1, -0.05) is 23.4 Å². The summed E-state index contributed by atoms with van der Waals surface area (Å²) in [7, 11) is 6.62. The number of fused-ring (bicyclic) bond motifs is 1. The highest BCUT2D eigenvalue weighted by Crippen LogP contribution is 2.32. The number of rotatable bonds is 2. The van der Waals surface area contributed by atoms with Crippen molar-refractivity contribution in [1.82, 2.24) is 14.7 Å². The minimum Gasteiger partial charge on any atom is -0.350 e. The van der Waals surface area contributed by atoms with E-state index in [4.69, 9.17) is 9.51 Å². The van der Waals surface area contributed by atoms with Crippen LogP contribution in [-0.4, -0.2) is 46.4 Å². The zero-order valence-electron chi connectivity index (χ0n) is 14.0. The Hall–Kier alpha value is -2.14. The van der Waals surface area contributed by atoms with Crippen molar-refractivity contribution >= 4 is 10.9 Å². The highest BCUT2D eigenvalue weighted by Gasteiger charge is 2.30. The molecule has 5 heteroatoms. The number of likely N-dealkylation sites (tertiary alicyclic amines) is 1. The largest absolute Gasteiger partial charge is 0.350 e. The van der Waals surface area contributed by atoms with E-state index in [1.54, 1.807) is 0 Å². The van der Waals surface area contributed by atoms with Gasteiger partial charge in [0.15, 0.2) is 0 Å². The summed E-state index contributed by atoms with van der Waals surface area (Å²) in [4.78, 5) is 4.72. The maximum Gasteiger partial charge on any atom is 0.230 e. The molecule has 1 fully saturated rings.